The number of rotatable bonds is 9. The highest BCUT2D eigenvalue weighted by Crippen LogP contribution is 2.53. The molecule has 2 aliphatic rings. The highest BCUT2D eigenvalue weighted by atomic mass is 35.5. The van der Waals surface area contributed by atoms with Gasteiger partial charge in [0.05, 0.1) is 26.2 Å². The molecule has 0 bridgehead atoms. The van der Waals surface area contributed by atoms with Crippen molar-refractivity contribution >= 4 is 40.8 Å². The minimum absolute atomic E-state index is 0.00121. The van der Waals surface area contributed by atoms with Gasteiger partial charge in [0, 0.05) is 34.7 Å². The minimum atomic E-state index is -1.14. The number of aliphatic hydroxyl groups is 1. The van der Waals surface area contributed by atoms with E-state index in [1.165, 1.54) is 0 Å². The number of carbonyl (C=O) groups is 1. The van der Waals surface area contributed by atoms with E-state index < -0.39 is 11.6 Å². The number of halogens is 3. The van der Waals surface area contributed by atoms with Gasteiger partial charge in [-0.15, -0.1) is 0 Å². The number of aromatic carboxylic acids is 1. The van der Waals surface area contributed by atoms with Crippen molar-refractivity contribution in [2.45, 2.75) is 69.6 Å². The molecule has 0 aliphatic heterocycles. The molecule has 2 aromatic carbocycles. The Morgan fingerprint density at radius 2 is 1.80 bits per heavy atom. The number of carboxylic acids is 1. The van der Waals surface area contributed by atoms with Gasteiger partial charge >= 0.3 is 5.97 Å². The lowest BCUT2D eigenvalue weighted by atomic mass is 9.66. The molecule has 0 unspecified atom stereocenters. The third kappa shape index (κ3) is 5.23. The van der Waals surface area contributed by atoms with E-state index in [0.717, 1.165) is 29.9 Å². The fourth-order valence-corrected chi connectivity index (χ4v) is 6.51. The number of aromatic nitrogens is 3. The summed E-state index contributed by atoms with van der Waals surface area (Å²) < 4.78 is 13.6. The molecule has 8 nitrogen and oxygen atoms in total. The molecule has 6 rings (SSSR count). The Labute approximate surface area is 251 Å². The largest absolute Gasteiger partial charge is 0.489 e. The normalized spacial score (nSPS) is 20.3. The maximum Gasteiger partial charge on any atom is 0.356 e. The van der Waals surface area contributed by atoms with Crippen LogP contribution in [-0.4, -0.2) is 31.1 Å². The van der Waals surface area contributed by atoms with Gasteiger partial charge < -0.3 is 19.5 Å². The molecule has 0 amide bonds. The Balaban J connectivity index is 1.20. The lowest BCUT2D eigenvalue weighted by molar-refractivity contribution is -0.0569. The van der Waals surface area contributed by atoms with Gasteiger partial charge in [-0.05, 0) is 69.9 Å². The van der Waals surface area contributed by atoms with Crippen LogP contribution in [0.2, 0.25) is 15.1 Å². The van der Waals surface area contributed by atoms with Crippen LogP contribution in [0, 0.1) is 0 Å². The van der Waals surface area contributed by atoms with E-state index in [2.05, 4.69) is 10.3 Å². The monoisotopic (exact) mass is 615 g/mol. The van der Waals surface area contributed by atoms with Crippen LogP contribution >= 0.6 is 34.8 Å². The number of nitrogens with zero attached hydrogens (tertiary/aromatic N) is 3. The Bertz CT molecular complexity index is 1620. The van der Waals surface area contributed by atoms with Gasteiger partial charge in [0.15, 0.2) is 5.69 Å². The van der Waals surface area contributed by atoms with Gasteiger partial charge in [-0.3, -0.25) is 4.68 Å². The Hall–Kier alpha value is -3.04. The molecular weight excluding hydrogens is 589 g/mol. The minimum Gasteiger partial charge on any atom is -0.489 e. The maximum atomic E-state index is 11.5. The number of carboxylic acid groups (broad SMARTS) is 1. The van der Waals surface area contributed by atoms with E-state index in [1.54, 1.807) is 47.1 Å². The van der Waals surface area contributed by atoms with Crippen molar-refractivity contribution in [3.05, 3.63) is 85.8 Å². The first-order valence-electron chi connectivity index (χ1n) is 13.5. The second kappa shape index (κ2) is 10.7. The summed E-state index contributed by atoms with van der Waals surface area (Å²) in [6.07, 6.45) is 2.84. The van der Waals surface area contributed by atoms with Gasteiger partial charge in [-0.25, -0.2) is 4.79 Å². The summed E-state index contributed by atoms with van der Waals surface area (Å²) in [6, 6.07) is 12.1. The van der Waals surface area contributed by atoms with Crippen molar-refractivity contribution in [3.8, 4) is 17.0 Å². The summed E-state index contributed by atoms with van der Waals surface area (Å²) >= 11 is 19.6. The van der Waals surface area contributed by atoms with Gasteiger partial charge in [0.1, 0.15) is 23.8 Å². The molecule has 0 atom stereocenters. The van der Waals surface area contributed by atoms with Crippen molar-refractivity contribution in [2.24, 2.45) is 0 Å². The van der Waals surface area contributed by atoms with Crippen molar-refractivity contribution in [1.82, 2.24) is 14.9 Å². The van der Waals surface area contributed by atoms with Gasteiger partial charge in [-0.2, -0.15) is 5.10 Å². The van der Waals surface area contributed by atoms with Crippen molar-refractivity contribution in [3.63, 3.8) is 0 Å². The predicted octanol–water partition coefficient (Wildman–Crippen LogP) is 8.00. The summed E-state index contributed by atoms with van der Waals surface area (Å²) in [5.74, 6) is 0.485. The lowest BCUT2D eigenvalue weighted by Gasteiger charge is -2.44. The highest BCUT2D eigenvalue weighted by molar-refractivity contribution is 6.39. The third-order valence-electron chi connectivity index (χ3n) is 7.85. The predicted molar refractivity (Wildman–Crippen MR) is 155 cm³/mol. The van der Waals surface area contributed by atoms with Crippen molar-refractivity contribution in [2.75, 3.05) is 0 Å². The standard InChI is InChI=1S/C30H28Cl3N3O5/c1-15(2)36-25(11-24(34-36)29(37)38)17-12-30(39,13-17)20-9-8-18(10-23(20)33)40-14-19-27(35-41-28(19)16-6-7-16)26-21(31)4-3-5-22(26)32/h3-5,8-11,15-17,39H,6-7,12-14H2,1-2H3,(H,37,38). The fourth-order valence-electron chi connectivity index (χ4n) is 5.58. The molecular formula is C30H28Cl3N3O5. The summed E-state index contributed by atoms with van der Waals surface area (Å²) in [7, 11) is 0. The molecule has 2 saturated carbocycles. The fraction of sp³-hybridized carbons (Fsp3) is 0.367. The van der Waals surface area contributed by atoms with Crippen LogP contribution in [0.25, 0.3) is 11.3 Å². The van der Waals surface area contributed by atoms with E-state index in [1.807, 2.05) is 13.8 Å². The zero-order chi connectivity index (χ0) is 29.1. The molecule has 41 heavy (non-hydrogen) atoms. The van der Waals surface area contributed by atoms with E-state index in [0.29, 0.717) is 56.4 Å². The molecule has 0 spiro atoms. The van der Waals surface area contributed by atoms with Crippen LogP contribution in [0.4, 0.5) is 0 Å². The first kappa shape index (κ1) is 28.1. The maximum absolute atomic E-state index is 11.5. The average Bonchev–Trinajstić information content (AvgIpc) is 3.50. The van der Waals surface area contributed by atoms with Gasteiger partial charge in [0.2, 0.25) is 0 Å². The molecule has 2 fully saturated rings. The van der Waals surface area contributed by atoms with E-state index >= 15 is 0 Å². The van der Waals surface area contributed by atoms with E-state index in [9.17, 15) is 15.0 Å². The molecule has 4 aromatic rings. The molecule has 2 N–H and O–H groups in total. The number of benzene rings is 2. The molecule has 2 aromatic heterocycles. The molecule has 0 radical (unpaired) electrons. The van der Waals surface area contributed by atoms with Crippen LogP contribution in [0.5, 0.6) is 5.75 Å². The lowest BCUT2D eigenvalue weighted by Crippen LogP contribution is -2.41. The van der Waals surface area contributed by atoms with E-state index in [4.69, 9.17) is 44.1 Å². The smallest absolute Gasteiger partial charge is 0.356 e. The average molecular weight is 617 g/mol. The van der Waals surface area contributed by atoms with Crippen molar-refractivity contribution < 1.29 is 24.3 Å². The number of ether oxygens (including phenoxy) is 1. The third-order valence-corrected chi connectivity index (χ3v) is 8.79. The van der Waals surface area contributed by atoms with Crippen LogP contribution in [0.15, 0.2) is 47.0 Å². The highest BCUT2D eigenvalue weighted by Gasteiger charge is 2.47. The number of hydrogen-bond donors (Lipinski definition) is 2. The SMILES string of the molecule is CC(C)n1nc(C(=O)O)cc1C1CC(O)(c2ccc(OCc3c(-c4c(Cl)cccc4Cl)noc3C3CC3)cc2Cl)C1. The summed E-state index contributed by atoms with van der Waals surface area (Å²) in [5, 5.41) is 30.7. The topological polar surface area (TPSA) is 111 Å². The Morgan fingerprint density at radius 1 is 1.10 bits per heavy atom. The zero-order valence-corrected chi connectivity index (χ0v) is 24.7. The van der Waals surface area contributed by atoms with Gasteiger partial charge in [0.25, 0.3) is 0 Å². The first-order chi connectivity index (χ1) is 19.6. The first-order valence-corrected chi connectivity index (χ1v) is 14.6. The quantitative estimate of drug-likeness (QED) is 0.196. The molecule has 214 valence electrons. The van der Waals surface area contributed by atoms with E-state index in [-0.39, 0.29) is 24.3 Å². The van der Waals surface area contributed by atoms with Crippen molar-refractivity contribution in [1.29, 1.82) is 0 Å². The van der Waals surface area contributed by atoms with Crippen LogP contribution in [-0.2, 0) is 12.2 Å². The van der Waals surface area contributed by atoms with Crippen LogP contribution in [0.3, 0.4) is 0 Å². The molecule has 2 aliphatic carbocycles. The molecule has 0 saturated heterocycles. The summed E-state index contributed by atoms with van der Waals surface area (Å²) in [6.45, 7) is 4.07. The second-order valence-corrected chi connectivity index (χ2v) is 12.3. The summed E-state index contributed by atoms with van der Waals surface area (Å²) in [5.41, 5.74) is 2.22. The summed E-state index contributed by atoms with van der Waals surface area (Å²) in [4.78, 5) is 11.5. The van der Waals surface area contributed by atoms with Crippen LogP contribution in [0.1, 0.15) is 90.5 Å². The second-order valence-electron chi connectivity index (χ2n) is 11.1. The van der Waals surface area contributed by atoms with Crippen LogP contribution < -0.4 is 4.74 Å². The molecule has 11 heteroatoms. The Kier molecular flexibility index (Phi) is 7.30. The molecule has 2 heterocycles. The zero-order valence-electron chi connectivity index (χ0n) is 22.4. The van der Waals surface area contributed by atoms with Gasteiger partial charge in [-0.1, -0.05) is 52.1 Å². The number of hydrogen-bond acceptors (Lipinski definition) is 6. The Morgan fingerprint density at radius 3 is 2.41 bits per heavy atom.